The number of methoxy groups -OCH3 is 2. The van der Waals surface area contributed by atoms with Crippen LogP contribution >= 0.6 is 11.3 Å². The molecule has 0 unspecified atom stereocenters. The Labute approximate surface area is 188 Å². The summed E-state index contributed by atoms with van der Waals surface area (Å²) in [6.07, 6.45) is 1.80. The van der Waals surface area contributed by atoms with Crippen LogP contribution in [0.2, 0.25) is 0 Å². The Morgan fingerprint density at radius 1 is 1.19 bits per heavy atom. The van der Waals surface area contributed by atoms with Crippen LogP contribution in [0.15, 0.2) is 52.3 Å². The molecule has 7 nitrogen and oxygen atoms in total. The number of rotatable bonds is 4. The maximum atomic E-state index is 13.6. The lowest BCUT2D eigenvalue weighted by molar-refractivity contribution is -0.132. The fourth-order valence-corrected chi connectivity index (χ4v) is 5.75. The van der Waals surface area contributed by atoms with E-state index in [-0.39, 0.29) is 11.3 Å². The first-order chi connectivity index (χ1) is 15.4. The summed E-state index contributed by atoms with van der Waals surface area (Å²) >= 11 is 1.29. The fourth-order valence-electron chi connectivity index (χ4n) is 4.65. The van der Waals surface area contributed by atoms with E-state index in [9.17, 15) is 9.59 Å². The van der Waals surface area contributed by atoms with Gasteiger partial charge in [-0.15, -0.1) is 0 Å². The van der Waals surface area contributed by atoms with E-state index in [1.807, 2.05) is 43.3 Å². The number of nitrogens with zero attached hydrogens (tertiary/aromatic N) is 2. The molecule has 3 aromatic rings. The van der Waals surface area contributed by atoms with Crippen molar-refractivity contribution < 1.29 is 19.0 Å². The zero-order chi connectivity index (χ0) is 22.6. The zero-order valence-electron chi connectivity index (χ0n) is 18.1. The van der Waals surface area contributed by atoms with E-state index in [2.05, 4.69) is 0 Å². The van der Waals surface area contributed by atoms with Gasteiger partial charge in [-0.25, -0.2) is 4.99 Å². The molecule has 3 atom stereocenters. The van der Waals surface area contributed by atoms with Crippen molar-refractivity contribution in [3.8, 4) is 17.2 Å². The zero-order valence-corrected chi connectivity index (χ0v) is 18.9. The van der Waals surface area contributed by atoms with Crippen molar-refractivity contribution in [2.75, 3.05) is 14.2 Å². The third kappa shape index (κ3) is 2.97. The topological polar surface area (TPSA) is 79.1 Å². The molecular weight excluding hydrogens is 428 g/mol. The molecule has 8 heteroatoms. The molecule has 0 saturated carbocycles. The van der Waals surface area contributed by atoms with Crippen LogP contribution in [0.1, 0.15) is 31.0 Å². The Bertz CT molecular complexity index is 1420. The Balaban J connectivity index is 1.75. The Morgan fingerprint density at radius 2 is 1.94 bits per heavy atom. The first-order valence-electron chi connectivity index (χ1n) is 10.2. The highest BCUT2D eigenvalue weighted by atomic mass is 32.1. The SMILES string of the molecule is COc1ccc(/C=c2\sc3n(c2=O)[C@H]2c4ccccc4O[C@@](C)(N=3)[C@@H]2C(C)=O)cc1OC. The number of benzene rings is 2. The second-order valence-electron chi connectivity index (χ2n) is 8.02. The molecule has 0 saturated heterocycles. The highest BCUT2D eigenvalue weighted by Crippen LogP contribution is 2.47. The summed E-state index contributed by atoms with van der Waals surface area (Å²) in [5.41, 5.74) is 0.369. The van der Waals surface area contributed by atoms with Gasteiger partial charge in [0, 0.05) is 5.56 Å². The van der Waals surface area contributed by atoms with Crippen LogP contribution in [0.3, 0.4) is 0 Å². The van der Waals surface area contributed by atoms with Crippen LogP contribution in [0.4, 0.5) is 0 Å². The minimum atomic E-state index is -1.07. The van der Waals surface area contributed by atoms with Crippen molar-refractivity contribution in [1.82, 2.24) is 4.57 Å². The molecule has 0 aliphatic carbocycles. The van der Waals surface area contributed by atoms with Crippen LogP contribution in [-0.2, 0) is 4.79 Å². The van der Waals surface area contributed by atoms with Crippen LogP contribution in [0.25, 0.3) is 6.08 Å². The molecule has 0 radical (unpaired) electrons. The smallest absolute Gasteiger partial charge is 0.270 e. The summed E-state index contributed by atoms with van der Waals surface area (Å²) in [5.74, 6) is 1.18. The summed E-state index contributed by atoms with van der Waals surface area (Å²) in [4.78, 5) is 31.5. The number of fused-ring (bicyclic) bond motifs is 6. The maximum absolute atomic E-state index is 13.6. The molecule has 5 rings (SSSR count). The highest BCUT2D eigenvalue weighted by Gasteiger charge is 2.53. The summed E-state index contributed by atoms with van der Waals surface area (Å²) in [7, 11) is 3.14. The second-order valence-corrected chi connectivity index (χ2v) is 9.03. The van der Waals surface area contributed by atoms with E-state index in [0.29, 0.717) is 26.6 Å². The summed E-state index contributed by atoms with van der Waals surface area (Å²) in [6, 6.07) is 12.5. The van der Waals surface area contributed by atoms with Gasteiger partial charge in [-0.2, -0.15) is 0 Å². The average molecular weight is 451 g/mol. The lowest BCUT2D eigenvalue weighted by Gasteiger charge is -2.45. The van der Waals surface area contributed by atoms with E-state index in [4.69, 9.17) is 19.2 Å². The van der Waals surface area contributed by atoms with Gasteiger partial charge in [0.2, 0.25) is 5.72 Å². The first kappa shape index (κ1) is 20.5. The fraction of sp³-hybridized carbons (Fsp3) is 0.292. The van der Waals surface area contributed by atoms with Gasteiger partial charge in [0.15, 0.2) is 16.3 Å². The summed E-state index contributed by atoms with van der Waals surface area (Å²) in [6.45, 7) is 3.34. The number of ether oxygens (including phenoxy) is 3. The molecule has 3 heterocycles. The first-order valence-corrected chi connectivity index (χ1v) is 11.0. The lowest BCUT2D eigenvalue weighted by Crippen LogP contribution is -2.58. The second kappa shape index (κ2) is 7.34. The maximum Gasteiger partial charge on any atom is 0.270 e. The van der Waals surface area contributed by atoms with Gasteiger partial charge in [-0.1, -0.05) is 35.6 Å². The molecule has 2 aliphatic rings. The third-order valence-corrected chi connectivity index (χ3v) is 7.01. The van der Waals surface area contributed by atoms with Crippen LogP contribution in [0, 0.1) is 5.92 Å². The number of thiazole rings is 1. The number of para-hydroxylation sites is 1. The molecule has 0 spiro atoms. The predicted octanol–water partition coefficient (Wildman–Crippen LogP) is 2.29. The Kier molecular flexibility index (Phi) is 4.70. The molecule has 32 heavy (non-hydrogen) atoms. The molecule has 1 aromatic heterocycles. The number of hydrogen-bond donors (Lipinski definition) is 0. The van der Waals surface area contributed by atoms with Crippen molar-refractivity contribution in [1.29, 1.82) is 0 Å². The summed E-state index contributed by atoms with van der Waals surface area (Å²) in [5, 5.41) is 0. The number of ketones is 1. The summed E-state index contributed by atoms with van der Waals surface area (Å²) < 4.78 is 19.0. The van der Waals surface area contributed by atoms with E-state index in [1.165, 1.54) is 18.3 Å². The molecule has 0 fully saturated rings. The molecule has 0 amide bonds. The minimum absolute atomic E-state index is 0.0649. The van der Waals surface area contributed by atoms with Crippen molar-refractivity contribution in [3.05, 3.63) is 73.3 Å². The number of hydrogen-bond acceptors (Lipinski definition) is 7. The molecular formula is C24H22N2O5S. The average Bonchev–Trinajstić information content (AvgIpc) is 3.06. The van der Waals surface area contributed by atoms with Gasteiger partial charge >= 0.3 is 0 Å². The van der Waals surface area contributed by atoms with Crippen LogP contribution < -0.4 is 29.1 Å². The Morgan fingerprint density at radius 3 is 2.66 bits per heavy atom. The molecule has 2 aromatic carbocycles. The van der Waals surface area contributed by atoms with Gasteiger partial charge in [0.05, 0.1) is 24.8 Å². The predicted molar refractivity (Wildman–Crippen MR) is 120 cm³/mol. The quantitative estimate of drug-likeness (QED) is 0.610. The van der Waals surface area contributed by atoms with Crippen molar-refractivity contribution in [2.45, 2.75) is 25.6 Å². The lowest BCUT2D eigenvalue weighted by atomic mass is 9.79. The van der Waals surface area contributed by atoms with Crippen molar-refractivity contribution >= 4 is 23.2 Å². The standard InChI is InChI=1S/C24H22N2O5S/c1-13(27)20-21-15-7-5-6-8-16(15)31-24(20,2)25-23-26(21)22(28)19(32-23)12-14-9-10-17(29-3)18(11-14)30-4/h5-12,20-21H,1-4H3/b19-12-/t20-,21+,24-/m1/s1. The molecule has 0 N–H and O–H groups in total. The van der Waals surface area contributed by atoms with E-state index < -0.39 is 17.7 Å². The van der Waals surface area contributed by atoms with Crippen molar-refractivity contribution in [3.63, 3.8) is 0 Å². The van der Waals surface area contributed by atoms with E-state index in [0.717, 1.165) is 11.1 Å². The highest BCUT2D eigenvalue weighted by molar-refractivity contribution is 7.07. The molecule has 2 aliphatic heterocycles. The number of aromatic nitrogens is 1. The number of carbonyl (C=O) groups excluding carboxylic acids is 1. The monoisotopic (exact) mass is 450 g/mol. The van der Waals surface area contributed by atoms with E-state index >= 15 is 0 Å². The van der Waals surface area contributed by atoms with Gasteiger partial charge in [-0.05, 0) is 43.7 Å². The minimum Gasteiger partial charge on any atom is -0.493 e. The molecule has 2 bridgehead atoms. The largest absolute Gasteiger partial charge is 0.493 e. The third-order valence-electron chi connectivity index (χ3n) is 6.02. The van der Waals surface area contributed by atoms with Gasteiger partial charge in [0.25, 0.3) is 5.56 Å². The van der Waals surface area contributed by atoms with E-state index in [1.54, 1.807) is 30.9 Å². The van der Waals surface area contributed by atoms with Crippen molar-refractivity contribution in [2.24, 2.45) is 10.9 Å². The van der Waals surface area contributed by atoms with Crippen LogP contribution in [0.5, 0.6) is 17.2 Å². The van der Waals surface area contributed by atoms with Gasteiger partial charge in [-0.3, -0.25) is 14.2 Å². The number of Topliss-reactive ketones (excluding diaryl/α,β-unsaturated/α-hetero) is 1. The Hall–Kier alpha value is -3.39. The number of carbonyl (C=O) groups is 1. The normalized spacial score (nSPS) is 23.4. The molecule has 164 valence electrons. The van der Waals surface area contributed by atoms with Gasteiger partial charge in [0.1, 0.15) is 17.5 Å². The van der Waals surface area contributed by atoms with Crippen LogP contribution in [-0.4, -0.2) is 30.3 Å². The van der Waals surface area contributed by atoms with Gasteiger partial charge < -0.3 is 14.2 Å².